The zero-order chi connectivity index (χ0) is 11.8. The summed E-state index contributed by atoms with van der Waals surface area (Å²) < 4.78 is 1.75. The smallest absolute Gasteiger partial charge is 0.154 e. The molecule has 0 unspecified atom stereocenters. The first kappa shape index (κ1) is 9.77. The van der Waals surface area contributed by atoms with Crippen molar-refractivity contribution in [1.82, 2.24) is 19.6 Å². The van der Waals surface area contributed by atoms with Crippen LogP contribution in [0.5, 0.6) is 0 Å². The van der Waals surface area contributed by atoms with Crippen LogP contribution in [0.15, 0.2) is 36.7 Å². The Balaban J connectivity index is 2.14. The van der Waals surface area contributed by atoms with Crippen LogP contribution in [0.4, 0.5) is 5.69 Å². The fourth-order valence-electron chi connectivity index (χ4n) is 1.66. The molecule has 0 amide bonds. The number of aryl methyl sites for hydroxylation is 1. The summed E-state index contributed by atoms with van der Waals surface area (Å²) in [5, 5.41) is 4.34. The number of hydrogen-bond donors (Lipinski definition) is 1. The Hall–Kier alpha value is -2.43. The molecule has 2 N–H and O–H groups in total. The number of nitrogens with two attached hydrogens (primary N) is 1. The highest BCUT2D eigenvalue weighted by Gasteiger charge is 2.05. The van der Waals surface area contributed by atoms with Crippen molar-refractivity contribution in [1.29, 1.82) is 0 Å². The van der Waals surface area contributed by atoms with Gasteiger partial charge in [-0.1, -0.05) is 0 Å². The molecule has 0 aromatic carbocycles. The average molecular weight is 225 g/mol. The van der Waals surface area contributed by atoms with Crippen LogP contribution >= 0.6 is 0 Å². The SMILES string of the molecule is Cc1ccc2nc(-c3ccc(N)cn3)cn2n1. The largest absolute Gasteiger partial charge is 0.397 e. The van der Waals surface area contributed by atoms with Gasteiger partial charge in [0.05, 0.1) is 29.5 Å². The molecule has 3 aromatic heterocycles. The van der Waals surface area contributed by atoms with Crippen molar-refractivity contribution in [2.75, 3.05) is 5.73 Å². The highest BCUT2D eigenvalue weighted by molar-refractivity contribution is 5.59. The maximum Gasteiger partial charge on any atom is 0.154 e. The lowest BCUT2D eigenvalue weighted by molar-refractivity contribution is 0.901. The van der Waals surface area contributed by atoms with Crippen molar-refractivity contribution < 1.29 is 0 Å². The zero-order valence-electron chi connectivity index (χ0n) is 9.33. The van der Waals surface area contributed by atoms with Gasteiger partial charge in [0.2, 0.25) is 0 Å². The van der Waals surface area contributed by atoms with Crippen LogP contribution in [0.3, 0.4) is 0 Å². The Bertz CT molecular complexity index is 669. The average Bonchev–Trinajstić information content (AvgIpc) is 2.72. The lowest BCUT2D eigenvalue weighted by Gasteiger charge is -1.95. The van der Waals surface area contributed by atoms with Gasteiger partial charge in [0.25, 0.3) is 0 Å². The summed E-state index contributed by atoms with van der Waals surface area (Å²) in [6.45, 7) is 1.95. The highest BCUT2D eigenvalue weighted by atomic mass is 15.2. The van der Waals surface area contributed by atoms with Crippen LogP contribution in [0.1, 0.15) is 5.69 Å². The quantitative estimate of drug-likeness (QED) is 0.684. The molecule has 84 valence electrons. The molecule has 3 aromatic rings. The normalized spacial score (nSPS) is 10.9. The van der Waals surface area contributed by atoms with E-state index in [2.05, 4.69) is 15.1 Å². The number of nitrogens with zero attached hydrogens (tertiary/aromatic N) is 4. The fourth-order valence-corrected chi connectivity index (χ4v) is 1.66. The zero-order valence-corrected chi connectivity index (χ0v) is 9.33. The van der Waals surface area contributed by atoms with Gasteiger partial charge >= 0.3 is 0 Å². The van der Waals surface area contributed by atoms with E-state index in [-0.39, 0.29) is 0 Å². The topological polar surface area (TPSA) is 69.1 Å². The number of imidazole rings is 1. The minimum atomic E-state index is 0.645. The maximum atomic E-state index is 5.60. The Morgan fingerprint density at radius 2 is 2.00 bits per heavy atom. The van der Waals surface area contributed by atoms with Crippen molar-refractivity contribution in [3.05, 3.63) is 42.4 Å². The van der Waals surface area contributed by atoms with E-state index in [4.69, 9.17) is 5.73 Å². The minimum Gasteiger partial charge on any atom is -0.397 e. The summed E-state index contributed by atoms with van der Waals surface area (Å²) in [7, 11) is 0. The van der Waals surface area contributed by atoms with Crippen LogP contribution in [0, 0.1) is 6.92 Å². The molecule has 3 heterocycles. The van der Waals surface area contributed by atoms with E-state index in [0.29, 0.717) is 5.69 Å². The van der Waals surface area contributed by atoms with E-state index in [1.807, 2.05) is 37.4 Å². The van der Waals surface area contributed by atoms with Gasteiger partial charge in [0.15, 0.2) is 5.65 Å². The molecule has 0 aliphatic carbocycles. The number of rotatable bonds is 1. The Morgan fingerprint density at radius 1 is 1.12 bits per heavy atom. The molecule has 0 radical (unpaired) electrons. The standard InChI is InChI=1S/C12H11N5/c1-8-2-5-12-15-11(7-17(12)16-8)10-4-3-9(13)6-14-10/h2-7H,13H2,1H3. The number of hydrogen-bond acceptors (Lipinski definition) is 4. The summed E-state index contributed by atoms with van der Waals surface area (Å²) >= 11 is 0. The lowest BCUT2D eigenvalue weighted by atomic mass is 10.3. The van der Waals surface area contributed by atoms with Gasteiger partial charge < -0.3 is 5.73 Å². The van der Waals surface area contributed by atoms with E-state index in [1.54, 1.807) is 10.7 Å². The molecular formula is C12H11N5. The second-order valence-electron chi connectivity index (χ2n) is 3.88. The molecule has 5 nitrogen and oxygen atoms in total. The fraction of sp³-hybridized carbons (Fsp3) is 0.0833. The van der Waals surface area contributed by atoms with E-state index >= 15 is 0 Å². The summed E-state index contributed by atoms with van der Waals surface area (Å²) in [5.74, 6) is 0. The van der Waals surface area contributed by atoms with E-state index in [9.17, 15) is 0 Å². The number of fused-ring (bicyclic) bond motifs is 1. The van der Waals surface area contributed by atoms with E-state index < -0.39 is 0 Å². The van der Waals surface area contributed by atoms with Crippen molar-refractivity contribution in [3.63, 3.8) is 0 Å². The predicted octanol–water partition coefficient (Wildman–Crippen LogP) is 1.68. The third-order valence-electron chi connectivity index (χ3n) is 2.50. The Morgan fingerprint density at radius 3 is 2.76 bits per heavy atom. The maximum absolute atomic E-state index is 5.60. The molecular weight excluding hydrogens is 214 g/mol. The molecule has 0 atom stereocenters. The molecule has 0 spiro atoms. The minimum absolute atomic E-state index is 0.645. The van der Waals surface area contributed by atoms with Gasteiger partial charge in [-0.3, -0.25) is 4.98 Å². The first-order valence-corrected chi connectivity index (χ1v) is 5.27. The third kappa shape index (κ3) is 1.71. The number of pyridine rings is 1. The third-order valence-corrected chi connectivity index (χ3v) is 2.50. The van der Waals surface area contributed by atoms with Gasteiger partial charge in [0.1, 0.15) is 5.69 Å². The lowest BCUT2D eigenvalue weighted by Crippen LogP contribution is -1.91. The van der Waals surface area contributed by atoms with Gasteiger partial charge in [-0.25, -0.2) is 9.50 Å². The number of aromatic nitrogens is 4. The van der Waals surface area contributed by atoms with Crippen LogP contribution < -0.4 is 5.73 Å². The summed E-state index contributed by atoms with van der Waals surface area (Å²) in [4.78, 5) is 8.69. The second kappa shape index (κ2) is 3.55. The van der Waals surface area contributed by atoms with E-state index in [0.717, 1.165) is 22.7 Å². The highest BCUT2D eigenvalue weighted by Crippen LogP contribution is 2.17. The van der Waals surface area contributed by atoms with E-state index in [1.165, 1.54) is 0 Å². The molecule has 0 aliphatic rings. The molecule has 5 heteroatoms. The van der Waals surface area contributed by atoms with Crippen molar-refractivity contribution in [2.45, 2.75) is 6.92 Å². The van der Waals surface area contributed by atoms with Gasteiger partial charge in [-0.15, -0.1) is 0 Å². The predicted molar refractivity (Wildman–Crippen MR) is 65.4 cm³/mol. The van der Waals surface area contributed by atoms with Crippen LogP contribution in [0.2, 0.25) is 0 Å². The van der Waals surface area contributed by atoms with Crippen LogP contribution in [0.25, 0.3) is 17.0 Å². The monoisotopic (exact) mass is 225 g/mol. The number of anilines is 1. The Labute approximate surface area is 97.9 Å². The molecule has 0 bridgehead atoms. The van der Waals surface area contributed by atoms with Gasteiger partial charge in [-0.05, 0) is 31.2 Å². The van der Waals surface area contributed by atoms with Crippen LogP contribution in [-0.4, -0.2) is 19.6 Å². The summed E-state index contributed by atoms with van der Waals surface area (Å²) in [6.07, 6.45) is 3.49. The van der Waals surface area contributed by atoms with Crippen molar-refractivity contribution in [3.8, 4) is 11.4 Å². The molecule has 0 aliphatic heterocycles. The second-order valence-corrected chi connectivity index (χ2v) is 3.88. The Kier molecular flexibility index (Phi) is 2.04. The van der Waals surface area contributed by atoms with Crippen molar-refractivity contribution in [2.24, 2.45) is 0 Å². The molecule has 0 saturated carbocycles. The molecule has 0 saturated heterocycles. The first-order valence-electron chi connectivity index (χ1n) is 5.27. The van der Waals surface area contributed by atoms with Gasteiger partial charge in [-0.2, -0.15) is 5.10 Å². The molecule has 17 heavy (non-hydrogen) atoms. The van der Waals surface area contributed by atoms with Crippen molar-refractivity contribution >= 4 is 11.3 Å². The molecule has 0 fully saturated rings. The summed E-state index contributed by atoms with van der Waals surface area (Å²) in [5.41, 5.74) is 9.59. The molecule has 3 rings (SSSR count). The first-order chi connectivity index (χ1) is 8.22. The van der Waals surface area contributed by atoms with Gasteiger partial charge in [0, 0.05) is 0 Å². The number of nitrogen functional groups attached to an aromatic ring is 1. The van der Waals surface area contributed by atoms with Crippen LogP contribution in [-0.2, 0) is 0 Å². The summed E-state index contributed by atoms with van der Waals surface area (Å²) in [6, 6.07) is 7.53.